The SMILES string of the molecule is CC(C)(C)NCc1cc(OC2CCCOC2)ccc1Br. The highest BCUT2D eigenvalue weighted by Gasteiger charge is 2.16. The molecular formula is C16H24BrNO2. The predicted octanol–water partition coefficient (Wildman–Crippen LogP) is 3.90. The molecule has 20 heavy (non-hydrogen) atoms. The number of hydrogen-bond donors (Lipinski definition) is 1. The van der Waals surface area contributed by atoms with Gasteiger partial charge in [0.15, 0.2) is 0 Å². The standard InChI is InChI=1S/C16H24BrNO2/c1-16(2,3)18-10-12-9-13(6-7-15(12)17)20-14-5-4-8-19-11-14/h6-7,9,14,18H,4-5,8,10-11H2,1-3H3. The van der Waals surface area contributed by atoms with Gasteiger partial charge in [0.2, 0.25) is 0 Å². The molecule has 0 aliphatic carbocycles. The molecule has 0 bridgehead atoms. The minimum atomic E-state index is 0.105. The van der Waals surface area contributed by atoms with Crippen molar-refractivity contribution in [2.24, 2.45) is 0 Å². The van der Waals surface area contributed by atoms with Crippen LogP contribution in [0.1, 0.15) is 39.2 Å². The molecule has 1 N–H and O–H groups in total. The first kappa shape index (κ1) is 15.8. The third kappa shape index (κ3) is 5.08. The highest BCUT2D eigenvalue weighted by molar-refractivity contribution is 9.10. The lowest BCUT2D eigenvalue weighted by Crippen LogP contribution is -2.35. The van der Waals surface area contributed by atoms with E-state index in [4.69, 9.17) is 9.47 Å². The van der Waals surface area contributed by atoms with Gasteiger partial charge in [-0.15, -0.1) is 0 Å². The Balaban J connectivity index is 1.99. The van der Waals surface area contributed by atoms with Crippen molar-refractivity contribution < 1.29 is 9.47 Å². The first-order valence-corrected chi connectivity index (χ1v) is 8.01. The smallest absolute Gasteiger partial charge is 0.122 e. The zero-order valence-corrected chi connectivity index (χ0v) is 14.1. The molecule has 1 aliphatic heterocycles. The summed E-state index contributed by atoms with van der Waals surface area (Å²) in [5, 5.41) is 3.50. The van der Waals surface area contributed by atoms with Gasteiger partial charge in [0.05, 0.1) is 6.61 Å². The van der Waals surface area contributed by atoms with Crippen LogP contribution < -0.4 is 10.1 Å². The lowest BCUT2D eigenvalue weighted by atomic mass is 10.1. The number of halogens is 1. The van der Waals surface area contributed by atoms with Crippen molar-refractivity contribution in [3.05, 3.63) is 28.2 Å². The summed E-state index contributed by atoms with van der Waals surface area (Å²) >= 11 is 3.60. The number of nitrogens with one attached hydrogen (secondary N) is 1. The monoisotopic (exact) mass is 341 g/mol. The molecule has 4 heteroatoms. The molecule has 1 unspecified atom stereocenters. The minimum absolute atomic E-state index is 0.105. The molecule has 1 aromatic rings. The van der Waals surface area contributed by atoms with Gasteiger partial charge in [0.1, 0.15) is 11.9 Å². The van der Waals surface area contributed by atoms with Gasteiger partial charge >= 0.3 is 0 Å². The van der Waals surface area contributed by atoms with Gasteiger partial charge in [-0.2, -0.15) is 0 Å². The third-order valence-corrected chi connectivity index (χ3v) is 4.02. The second-order valence-electron chi connectivity index (χ2n) is 6.31. The van der Waals surface area contributed by atoms with Crippen molar-refractivity contribution in [2.75, 3.05) is 13.2 Å². The Morgan fingerprint density at radius 3 is 2.85 bits per heavy atom. The summed E-state index contributed by atoms with van der Waals surface area (Å²) < 4.78 is 12.6. The highest BCUT2D eigenvalue weighted by atomic mass is 79.9. The number of benzene rings is 1. The Bertz CT molecular complexity index is 437. The summed E-state index contributed by atoms with van der Waals surface area (Å²) in [7, 11) is 0. The molecule has 0 spiro atoms. The van der Waals surface area contributed by atoms with Gasteiger partial charge in [0, 0.05) is 23.2 Å². The van der Waals surface area contributed by atoms with Gasteiger partial charge < -0.3 is 14.8 Å². The van der Waals surface area contributed by atoms with Crippen LogP contribution in [-0.2, 0) is 11.3 Å². The van der Waals surface area contributed by atoms with E-state index in [-0.39, 0.29) is 11.6 Å². The van der Waals surface area contributed by atoms with Crippen molar-refractivity contribution in [1.82, 2.24) is 5.32 Å². The van der Waals surface area contributed by atoms with Gasteiger partial charge in [-0.3, -0.25) is 0 Å². The van der Waals surface area contributed by atoms with E-state index in [0.29, 0.717) is 6.61 Å². The molecule has 0 amide bonds. The number of rotatable bonds is 4. The Morgan fingerprint density at radius 2 is 2.20 bits per heavy atom. The van der Waals surface area contributed by atoms with Crippen molar-refractivity contribution in [1.29, 1.82) is 0 Å². The van der Waals surface area contributed by atoms with E-state index >= 15 is 0 Å². The largest absolute Gasteiger partial charge is 0.488 e. The Labute approximate surface area is 130 Å². The van der Waals surface area contributed by atoms with Gasteiger partial charge in [-0.05, 0) is 57.4 Å². The quantitative estimate of drug-likeness (QED) is 0.900. The molecular weight excluding hydrogens is 318 g/mol. The van der Waals surface area contributed by atoms with E-state index in [2.05, 4.69) is 54.2 Å². The van der Waals surface area contributed by atoms with Crippen LogP contribution in [0.5, 0.6) is 5.75 Å². The van der Waals surface area contributed by atoms with E-state index in [9.17, 15) is 0 Å². The number of hydrogen-bond acceptors (Lipinski definition) is 3. The third-order valence-electron chi connectivity index (χ3n) is 3.25. The van der Waals surface area contributed by atoms with Crippen molar-refractivity contribution in [3.8, 4) is 5.75 Å². The molecule has 1 atom stereocenters. The van der Waals surface area contributed by atoms with Crippen LogP contribution in [0.4, 0.5) is 0 Å². The van der Waals surface area contributed by atoms with E-state index in [0.717, 1.165) is 36.2 Å². The lowest BCUT2D eigenvalue weighted by molar-refractivity contribution is 0.00739. The fourth-order valence-electron chi connectivity index (χ4n) is 2.12. The normalized spacial score (nSPS) is 19.9. The number of ether oxygens (including phenoxy) is 2. The Morgan fingerprint density at radius 1 is 1.40 bits per heavy atom. The summed E-state index contributed by atoms with van der Waals surface area (Å²) in [6.07, 6.45) is 2.35. The molecule has 112 valence electrons. The second-order valence-corrected chi connectivity index (χ2v) is 7.17. The molecule has 0 aromatic heterocycles. The predicted molar refractivity (Wildman–Crippen MR) is 85.2 cm³/mol. The van der Waals surface area contributed by atoms with Crippen LogP contribution in [0, 0.1) is 0 Å². The average molecular weight is 342 g/mol. The fraction of sp³-hybridized carbons (Fsp3) is 0.625. The van der Waals surface area contributed by atoms with Crippen molar-refractivity contribution >= 4 is 15.9 Å². The molecule has 1 heterocycles. The zero-order valence-electron chi connectivity index (χ0n) is 12.5. The van der Waals surface area contributed by atoms with Gasteiger partial charge in [-0.1, -0.05) is 15.9 Å². The molecule has 1 aliphatic rings. The molecule has 0 saturated carbocycles. The van der Waals surface area contributed by atoms with Gasteiger partial charge in [0.25, 0.3) is 0 Å². The summed E-state index contributed by atoms with van der Waals surface area (Å²) in [5.74, 6) is 0.925. The van der Waals surface area contributed by atoms with E-state index < -0.39 is 0 Å². The summed E-state index contributed by atoms with van der Waals surface area (Å²) in [5.41, 5.74) is 1.32. The van der Waals surface area contributed by atoms with Crippen LogP contribution in [0.3, 0.4) is 0 Å². The molecule has 0 radical (unpaired) electrons. The highest BCUT2D eigenvalue weighted by Crippen LogP contribution is 2.25. The summed E-state index contributed by atoms with van der Waals surface area (Å²) in [4.78, 5) is 0. The first-order chi connectivity index (χ1) is 9.44. The maximum atomic E-state index is 6.01. The Kier molecular flexibility index (Phi) is 5.47. The van der Waals surface area contributed by atoms with Crippen LogP contribution >= 0.6 is 15.9 Å². The van der Waals surface area contributed by atoms with Crippen molar-refractivity contribution in [2.45, 2.75) is 51.8 Å². The van der Waals surface area contributed by atoms with E-state index in [1.54, 1.807) is 0 Å². The van der Waals surface area contributed by atoms with Crippen LogP contribution in [0.2, 0.25) is 0 Å². The van der Waals surface area contributed by atoms with Crippen LogP contribution in [0.25, 0.3) is 0 Å². The summed E-state index contributed by atoms with van der Waals surface area (Å²) in [6, 6.07) is 6.18. The maximum Gasteiger partial charge on any atom is 0.122 e. The van der Waals surface area contributed by atoms with Crippen LogP contribution in [0.15, 0.2) is 22.7 Å². The maximum absolute atomic E-state index is 6.01. The van der Waals surface area contributed by atoms with Crippen LogP contribution in [-0.4, -0.2) is 24.9 Å². The average Bonchev–Trinajstić information content (AvgIpc) is 2.40. The first-order valence-electron chi connectivity index (χ1n) is 7.22. The second kappa shape index (κ2) is 6.92. The fourth-order valence-corrected chi connectivity index (χ4v) is 2.50. The molecule has 3 nitrogen and oxygen atoms in total. The minimum Gasteiger partial charge on any atom is -0.488 e. The van der Waals surface area contributed by atoms with Gasteiger partial charge in [-0.25, -0.2) is 0 Å². The molecule has 1 fully saturated rings. The lowest BCUT2D eigenvalue weighted by Gasteiger charge is -2.24. The van der Waals surface area contributed by atoms with E-state index in [1.807, 2.05) is 6.07 Å². The Hall–Kier alpha value is -0.580. The zero-order chi connectivity index (χ0) is 14.6. The van der Waals surface area contributed by atoms with Crippen molar-refractivity contribution in [3.63, 3.8) is 0 Å². The molecule has 1 aromatic carbocycles. The van der Waals surface area contributed by atoms with E-state index in [1.165, 1.54) is 5.56 Å². The molecule has 2 rings (SSSR count). The molecule has 1 saturated heterocycles. The topological polar surface area (TPSA) is 30.5 Å². The summed E-state index contributed by atoms with van der Waals surface area (Å²) in [6.45, 7) is 8.89.